The Labute approximate surface area is 159 Å². The fourth-order valence-corrected chi connectivity index (χ4v) is 2.72. The number of nitro groups is 1. The number of rotatable bonds is 7. The molecule has 1 unspecified atom stereocenters. The molecule has 3 rings (SSSR count). The minimum absolute atomic E-state index is 0.0258. The number of imidazole rings is 1. The number of amides is 1. The second-order valence-corrected chi connectivity index (χ2v) is 5.93. The molecule has 0 aliphatic rings. The lowest BCUT2D eigenvalue weighted by Crippen LogP contribution is -2.35. The van der Waals surface area contributed by atoms with E-state index >= 15 is 0 Å². The molecule has 0 saturated carbocycles. The average molecular weight is 384 g/mol. The van der Waals surface area contributed by atoms with Crippen LogP contribution in [0.5, 0.6) is 5.75 Å². The highest BCUT2D eigenvalue weighted by molar-refractivity contribution is 5.78. The maximum atomic E-state index is 14.3. The van der Waals surface area contributed by atoms with Gasteiger partial charge in [0.1, 0.15) is 17.7 Å². The second-order valence-electron chi connectivity index (χ2n) is 5.93. The summed E-state index contributed by atoms with van der Waals surface area (Å²) in [5.41, 5.74) is 0.000830. The van der Waals surface area contributed by atoms with Gasteiger partial charge in [0.15, 0.2) is 12.4 Å². The minimum Gasteiger partial charge on any atom is -0.477 e. The summed E-state index contributed by atoms with van der Waals surface area (Å²) in [5, 5.41) is 13.7. The van der Waals surface area contributed by atoms with Gasteiger partial charge in [-0.2, -0.15) is 0 Å². The van der Waals surface area contributed by atoms with Gasteiger partial charge < -0.3 is 14.6 Å². The molecule has 0 radical (unpaired) electrons. The summed E-state index contributed by atoms with van der Waals surface area (Å²) in [5.74, 6) is -0.656. The number of aryl methyl sites for hydroxylation is 1. The van der Waals surface area contributed by atoms with Crippen LogP contribution in [-0.4, -0.2) is 27.0 Å². The Hall–Kier alpha value is -3.75. The van der Waals surface area contributed by atoms with E-state index in [1.807, 2.05) is 0 Å². The quantitative estimate of drug-likeness (QED) is 0.499. The number of nitrogens with one attached hydrogen (secondary N) is 1. The number of aromatic nitrogens is 2. The molecule has 0 aliphatic heterocycles. The van der Waals surface area contributed by atoms with E-state index < -0.39 is 29.3 Å². The molecule has 1 amide bonds. The lowest BCUT2D eigenvalue weighted by atomic mass is 10.1. The third-order valence-corrected chi connectivity index (χ3v) is 4.06. The topological polar surface area (TPSA) is 99.3 Å². The lowest BCUT2D eigenvalue weighted by Gasteiger charge is -2.19. The van der Waals surface area contributed by atoms with Crippen molar-refractivity contribution < 1.29 is 18.8 Å². The number of para-hydroxylation sites is 2. The van der Waals surface area contributed by atoms with Gasteiger partial charge in [0.05, 0.1) is 4.92 Å². The highest BCUT2D eigenvalue weighted by Crippen LogP contribution is 2.26. The van der Waals surface area contributed by atoms with Crippen LogP contribution in [-0.2, 0) is 11.8 Å². The molecular weight excluding hydrogens is 367 g/mol. The first-order chi connectivity index (χ1) is 13.5. The van der Waals surface area contributed by atoms with E-state index in [9.17, 15) is 19.3 Å². The van der Waals surface area contributed by atoms with Crippen LogP contribution >= 0.6 is 0 Å². The Morgan fingerprint density at radius 1 is 1.29 bits per heavy atom. The Bertz CT molecular complexity index is 1000. The molecule has 8 nitrogen and oxygen atoms in total. The molecule has 144 valence electrons. The van der Waals surface area contributed by atoms with Gasteiger partial charge in [-0.1, -0.05) is 30.3 Å². The van der Waals surface area contributed by atoms with Crippen LogP contribution < -0.4 is 10.1 Å². The van der Waals surface area contributed by atoms with Crippen LogP contribution in [0.25, 0.3) is 0 Å². The van der Waals surface area contributed by atoms with Crippen LogP contribution in [0.15, 0.2) is 60.9 Å². The molecule has 0 spiro atoms. The lowest BCUT2D eigenvalue weighted by molar-refractivity contribution is -0.385. The summed E-state index contributed by atoms with van der Waals surface area (Å²) >= 11 is 0. The van der Waals surface area contributed by atoms with Gasteiger partial charge in [-0.05, 0) is 12.1 Å². The van der Waals surface area contributed by atoms with Crippen molar-refractivity contribution in [3.8, 4) is 5.75 Å². The summed E-state index contributed by atoms with van der Waals surface area (Å²) in [6.07, 6.45) is 3.22. The number of benzene rings is 2. The van der Waals surface area contributed by atoms with E-state index in [-0.39, 0.29) is 17.0 Å². The molecule has 1 atom stereocenters. The summed E-state index contributed by atoms with van der Waals surface area (Å²) in [6.45, 7) is -0.472. The van der Waals surface area contributed by atoms with Gasteiger partial charge in [-0.3, -0.25) is 14.9 Å². The van der Waals surface area contributed by atoms with Gasteiger partial charge in [0.25, 0.3) is 5.91 Å². The Balaban J connectivity index is 1.79. The molecule has 0 bridgehead atoms. The van der Waals surface area contributed by atoms with Crippen molar-refractivity contribution >= 4 is 11.6 Å². The van der Waals surface area contributed by atoms with Crippen LogP contribution in [0.4, 0.5) is 10.1 Å². The predicted octanol–water partition coefficient (Wildman–Crippen LogP) is 2.75. The maximum Gasteiger partial charge on any atom is 0.310 e. The summed E-state index contributed by atoms with van der Waals surface area (Å²) in [6, 6.07) is 11.0. The molecule has 1 N–H and O–H groups in total. The fraction of sp³-hybridized carbons (Fsp3) is 0.158. The molecule has 0 aliphatic carbocycles. The zero-order valence-electron chi connectivity index (χ0n) is 14.9. The first-order valence-corrected chi connectivity index (χ1v) is 8.34. The number of carbonyl (C=O) groups excluding carboxylic acids is 1. The first kappa shape index (κ1) is 19.0. The summed E-state index contributed by atoms with van der Waals surface area (Å²) in [7, 11) is 1.73. The predicted molar refractivity (Wildman–Crippen MR) is 98.2 cm³/mol. The van der Waals surface area contributed by atoms with Crippen molar-refractivity contribution in [2.45, 2.75) is 6.04 Å². The monoisotopic (exact) mass is 384 g/mol. The zero-order chi connectivity index (χ0) is 20.1. The van der Waals surface area contributed by atoms with Gasteiger partial charge >= 0.3 is 5.69 Å². The number of halogens is 1. The Morgan fingerprint density at radius 3 is 2.68 bits per heavy atom. The Morgan fingerprint density at radius 2 is 2.00 bits per heavy atom. The molecule has 2 aromatic carbocycles. The minimum atomic E-state index is -0.844. The highest BCUT2D eigenvalue weighted by Gasteiger charge is 2.24. The van der Waals surface area contributed by atoms with E-state index in [0.717, 1.165) is 0 Å². The van der Waals surface area contributed by atoms with Gasteiger partial charge in [-0.25, -0.2) is 9.37 Å². The number of ether oxygens (including phenoxy) is 1. The van der Waals surface area contributed by atoms with Gasteiger partial charge in [0, 0.05) is 31.1 Å². The van der Waals surface area contributed by atoms with Crippen LogP contribution in [0.3, 0.4) is 0 Å². The smallest absolute Gasteiger partial charge is 0.310 e. The molecule has 1 heterocycles. The Kier molecular flexibility index (Phi) is 5.64. The van der Waals surface area contributed by atoms with E-state index in [0.29, 0.717) is 5.82 Å². The standard InChI is InChI=1S/C19H17FN4O4/c1-23-11-10-21-19(23)18(13-6-2-3-7-14(13)20)22-17(25)12-28-16-9-5-4-8-15(16)24(26)27/h2-11,18H,12H2,1H3,(H,22,25). The first-order valence-electron chi connectivity index (χ1n) is 8.34. The molecule has 3 aromatic rings. The normalized spacial score (nSPS) is 11.6. The van der Waals surface area contributed by atoms with E-state index in [1.165, 1.54) is 24.3 Å². The van der Waals surface area contributed by atoms with Crippen molar-refractivity contribution in [2.75, 3.05) is 6.61 Å². The number of nitro benzene ring substituents is 1. The van der Waals surface area contributed by atoms with Crippen molar-refractivity contribution in [1.29, 1.82) is 0 Å². The molecular formula is C19H17FN4O4. The van der Waals surface area contributed by atoms with Crippen LogP contribution in [0, 0.1) is 15.9 Å². The van der Waals surface area contributed by atoms with E-state index in [4.69, 9.17) is 4.74 Å². The molecule has 0 saturated heterocycles. The third kappa shape index (κ3) is 4.14. The number of hydrogen-bond donors (Lipinski definition) is 1. The largest absolute Gasteiger partial charge is 0.477 e. The van der Waals surface area contributed by atoms with Crippen molar-refractivity contribution in [3.05, 3.63) is 88.2 Å². The maximum absolute atomic E-state index is 14.3. The van der Waals surface area contributed by atoms with Crippen molar-refractivity contribution in [3.63, 3.8) is 0 Å². The number of hydrogen-bond acceptors (Lipinski definition) is 5. The van der Waals surface area contributed by atoms with Crippen LogP contribution in [0.2, 0.25) is 0 Å². The fourth-order valence-electron chi connectivity index (χ4n) is 2.72. The van der Waals surface area contributed by atoms with Crippen molar-refractivity contribution in [1.82, 2.24) is 14.9 Å². The molecule has 1 aromatic heterocycles. The molecule has 28 heavy (non-hydrogen) atoms. The number of nitrogens with zero attached hydrogens (tertiary/aromatic N) is 3. The van der Waals surface area contributed by atoms with Gasteiger partial charge in [0.2, 0.25) is 0 Å². The highest BCUT2D eigenvalue weighted by atomic mass is 19.1. The molecule has 0 fully saturated rings. The molecule has 9 heteroatoms. The van der Waals surface area contributed by atoms with E-state index in [2.05, 4.69) is 10.3 Å². The van der Waals surface area contributed by atoms with E-state index in [1.54, 1.807) is 48.3 Å². The SMILES string of the molecule is Cn1ccnc1C(NC(=O)COc1ccccc1[N+](=O)[O-])c1ccccc1F. The zero-order valence-corrected chi connectivity index (χ0v) is 14.9. The van der Waals surface area contributed by atoms with Gasteiger partial charge in [-0.15, -0.1) is 0 Å². The second kappa shape index (κ2) is 8.30. The third-order valence-electron chi connectivity index (χ3n) is 4.06. The average Bonchev–Trinajstić information content (AvgIpc) is 3.11. The van der Waals surface area contributed by atoms with Crippen molar-refractivity contribution in [2.24, 2.45) is 7.05 Å². The van der Waals surface area contributed by atoms with Crippen LogP contribution in [0.1, 0.15) is 17.4 Å². The number of carbonyl (C=O) groups is 1. The summed E-state index contributed by atoms with van der Waals surface area (Å²) in [4.78, 5) is 27.1. The summed E-state index contributed by atoms with van der Waals surface area (Å²) < 4.78 is 21.3.